The zero-order valence-corrected chi connectivity index (χ0v) is 8.01. The van der Waals surface area contributed by atoms with Gasteiger partial charge in [0, 0.05) is 11.5 Å². The van der Waals surface area contributed by atoms with Crippen molar-refractivity contribution in [3.05, 3.63) is 18.0 Å². The maximum Gasteiger partial charge on any atom is 0.142 e. The van der Waals surface area contributed by atoms with Crippen LogP contribution in [-0.4, -0.2) is 5.16 Å². The van der Waals surface area contributed by atoms with Crippen molar-refractivity contribution >= 4 is 0 Å². The highest BCUT2D eigenvalue weighted by Gasteiger charge is 2.16. The smallest absolute Gasteiger partial charge is 0.142 e. The molecule has 0 aliphatic carbocycles. The summed E-state index contributed by atoms with van der Waals surface area (Å²) in [6.45, 7) is 10.3. The van der Waals surface area contributed by atoms with E-state index in [9.17, 15) is 0 Å². The van der Waals surface area contributed by atoms with Crippen LogP contribution in [0.4, 0.5) is 0 Å². The third-order valence-electron chi connectivity index (χ3n) is 1.18. The monoisotopic (exact) mass is 155 g/mol. The van der Waals surface area contributed by atoms with E-state index in [0.717, 1.165) is 5.76 Å². The second kappa shape index (κ2) is 4.16. The van der Waals surface area contributed by atoms with E-state index in [4.69, 9.17) is 4.52 Å². The Bertz CT molecular complexity index is 172. The molecule has 2 nitrogen and oxygen atoms in total. The maximum absolute atomic E-state index is 4.95. The summed E-state index contributed by atoms with van der Waals surface area (Å²) in [4.78, 5) is 0. The Morgan fingerprint density at radius 1 is 1.27 bits per heavy atom. The molecule has 1 heterocycles. The van der Waals surface area contributed by atoms with E-state index in [-0.39, 0.29) is 5.41 Å². The zero-order chi connectivity index (χ0) is 8.91. The molecule has 0 aromatic carbocycles. The van der Waals surface area contributed by atoms with Gasteiger partial charge in [0.05, 0.1) is 6.20 Å². The van der Waals surface area contributed by atoms with Gasteiger partial charge in [0.2, 0.25) is 0 Å². The molecule has 1 aromatic heterocycles. The zero-order valence-electron chi connectivity index (χ0n) is 8.01. The van der Waals surface area contributed by atoms with Gasteiger partial charge in [-0.25, -0.2) is 0 Å². The lowest BCUT2D eigenvalue weighted by molar-refractivity contribution is 0.329. The van der Waals surface area contributed by atoms with Gasteiger partial charge in [-0.1, -0.05) is 39.8 Å². The van der Waals surface area contributed by atoms with Gasteiger partial charge >= 0.3 is 0 Å². The van der Waals surface area contributed by atoms with Crippen LogP contribution in [0.15, 0.2) is 16.8 Å². The van der Waals surface area contributed by atoms with Crippen LogP contribution in [0, 0.1) is 0 Å². The third kappa shape index (κ3) is 3.21. The fourth-order valence-corrected chi connectivity index (χ4v) is 0.603. The molecule has 2 heteroatoms. The Balaban J connectivity index is 0.000000461. The molecule has 0 fully saturated rings. The van der Waals surface area contributed by atoms with Gasteiger partial charge in [0.15, 0.2) is 0 Å². The molecule has 0 aliphatic rings. The molecular formula is C9H17NO. The number of hydrogen-bond acceptors (Lipinski definition) is 2. The highest BCUT2D eigenvalue weighted by atomic mass is 16.5. The predicted molar refractivity (Wildman–Crippen MR) is 46.6 cm³/mol. The van der Waals surface area contributed by atoms with Crippen molar-refractivity contribution in [3.8, 4) is 0 Å². The number of rotatable bonds is 0. The first-order valence-electron chi connectivity index (χ1n) is 4.02. The first kappa shape index (κ1) is 10.2. The van der Waals surface area contributed by atoms with E-state index in [1.165, 1.54) is 0 Å². The van der Waals surface area contributed by atoms with Crippen molar-refractivity contribution in [3.63, 3.8) is 0 Å². The quantitative estimate of drug-likeness (QED) is 0.575. The van der Waals surface area contributed by atoms with Gasteiger partial charge in [-0.05, 0) is 0 Å². The Kier molecular flexibility index (Phi) is 3.86. The first-order valence-corrected chi connectivity index (χ1v) is 4.02. The molecule has 1 rings (SSSR count). The summed E-state index contributed by atoms with van der Waals surface area (Å²) >= 11 is 0. The minimum atomic E-state index is 0.0938. The molecule has 0 saturated carbocycles. The minimum Gasteiger partial charge on any atom is -0.361 e. The van der Waals surface area contributed by atoms with E-state index in [2.05, 4.69) is 25.9 Å². The lowest BCUT2D eigenvalue weighted by atomic mass is 9.94. The van der Waals surface area contributed by atoms with Crippen LogP contribution in [-0.2, 0) is 5.41 Å². The SMILES string of the molecule is CC.CC(C)(C)c1ccno1. The second-order valence-electron chi connectivity index (χ2n) is 3.13. The van der Waals surface area contributed by atoms with Gasteiger partial charge in [-0.15, -0.1) is 0 Å². The Morgan fingerprint density at radius 3 is 2.00 bits per heavy atom. The Hall–Kier alpha value is -0.790. The number of hydrogen-bond donors (Lipinski definition) is 0. The normalized spacial score (nSPS) is 10.3. The second-order valence-corrected chi connectivity index (χ2v) is 3.13. The van der Waals surface area contributed by atoms with Crippen molar-refractivity contribution in [2.45, 2.75) is 40.0 Å². The summed E-state index contributed by atoms with van der Waals surface area (Å²) in [5, 5.41) is 3.61. The van der Waals surface area contributed by atoms with Gasteiger partial charge in [-0.3, -0.25) is 0 Å². The molecule has 0 spiro atoms. The lowest BCUT2D eigenvalue weighted by Crippen LogP contribution is -2.08. The summed E-state index contributed by atoms with van der Waals surface area (Å²) in [7, 11) is 0. The molecule has 11 heavy (non-hydrogen) atoms. The highest BCUT2D eigenvalue weighted by molar-refractivity contribution is 5.05. The van der Waals surface area contributed by atoms with E-state index in [1.807, 2.05) is 19.9 Å². The van der Waals surface area contributed by atoms with Crippen LogP contribution < -0.4 is 0 Å². The van der Waals surface area contributed by atoms with Gasteiger partial charge in [0.1, 0.15) is 5.76 Å². The fourth-order valence-electron chi connectivity index (χ4n) is 0.603. The van der Waals surface area contributed by atoms with E-state index < -0.39 is 0 Å². The van der Waals surface area contributed by atoms with Crippen LogP contribution in [0.2, 0.25) is 0 Å². The van der Waals surface area contributed by atoms with Crippen molar-refractivity contribution in [1.29, 1.82) is 0 Å². The average molecular weight is 155 g/mol. The standard InChI is InChI=1S/C7H11NO.C2H6/c1-7(2,3)6-4-5-8-9-6;1-2/h4-5H,1-3H3;1-2H3. The largest absolute Gasteiger partial charge is 0.361 e. The number of nitrogens with zero attached hydrogens (tertiary/aromatic N) is 1. The average Bonchev–Trinajstić information content (AvgIpc) is 2.40. The third-order valence-corrected chi connectivity index (χ3v) is 1.18. The molecule has 0 bridgehead atoms. The molecular weight excluding hydrogens is 138 g/mol. The van der Waals surface area contributed by atoms with Crippen molar-refractivity contribution in [1.82, 2.24) is 5.16 Å². The summed E-state index contributed by atoms with van der Waals surface area (Å²) in [5.74, 6) is 0.933. The van der Waals surface area contributed by atoms with Crippen LogP contribution in [0.3, 0.4) is 0 Å². The molecule has 0 unspecified atom stereocenters. The summed E-state index contributed by atoms with van der Waals surface area (Å²) < 4.78 is 4.95. The molecule has 0 saturated heterocycles. The van der Waals surface area contributed by atoms with Crippen molar-refractivity contribution in [2.24, 2.45) is 0 Å². The van der Waals surface area contributed by atoms with Gasteiger partial charge < -0.3 is 4.52 Å². The molecule has 0 radical (unpaired) electrons. The Morgan fingerprint density at radius 2 is 1.82 bits per heavy atom. The fraction of sp³-hybridized carbons (Fsp3) is 0.667. The number of aromatic nitrogens is 1. The van der Waals surface area contributed by atoms with Crippen LogP contribution in [0.25, 0.3) is 0 Å². The topological polar surface area (TPSA) is 26.0 Å². The maximum atomic E-state index is 4.95. The Labute approximate surface area is 68.6 Å². The summed E-state index contributed by atoms with van der Waals surface area (Å²) in [6, 6.07) is 1.89. The summed E-state index contributed by atoms with van der Waals surface area (Å²) in [5.41, 5.74) is 0.0938. The van der Waals surface area contributed by atoms with E-state index in [1.54, 1.807) is 6.20 Å². The van der Waals surface area contributed by atoms with Crippen LogP contribution in [0.5, 0.6) is 0 Å². The molecule has 1 aromatic rings. The molecule has 64 valence electrons. The summed E-state index contributed by atoms with van der Waals surface area (Å²) in [6.07, 6.45) is 1.67. The van der Waals surface area contributed by atoms with Crippen molar-refractivity contribution in [2.75, 3.05) is 0 Å². The van der Waals surface area contributed by atoms with Crippen LogP contribution in [0.1, 0.15) is 40.4 Å². The van der Waals surface area contributed by atoms with Gasteiger partial charge in [0.25, 0.3) is 0 Å². The minimum absolute atomic E-state index is 0.0938. The van der Waals surface area contributed by atoms with Crippen LogP contribution >= 0.6 is 0 Å². The molecule has 0 N–H and O–H groups in total. The molecule has 0 aliphatic heterocycles. The van der Waals surface area contributed by atoms with E-state index >= 15 is 0 Å². The van der Waals surface area contributed by atoms with Gasteiger partial charge in [-0.2, -0.15) is 0 Å². The van der Waals surface area contributed by atoms with Crippen molar-refractivity contribution < 1.29 is 4.52 Å². The molecule has 0 amide bonds. The van der Waals surface area contributed by atoms with E-state index in [0.29, 0.717) is 0 Å². The highest BCUT2D eigenvalue weighted by Crippen LogP contribution is 2.20. The first-order chi connectivity index (χ1) is 5.11. The predicted octanol–water partition coefficient (Wildman–Crippen LogP) is 3.00. The molecule has 0 atom stereocenters. The lowest BCUT2D eigenvalue weighted by Gasteiger charge is -2.11.